The Balaban J connectivity index is 1.72. The number of halogens is 3. The smallest absolute Gasteiger partial charge is 0.254 e. The van der Waals surface area contributed by atoms with E-state index in [0.717, 1.165) is 16.2 Å². The lowest BCUT2D eigenvalue weighted by Gasteiger charge is -2.10. The third-order valence-corrected chi connectivity index (χ3v) is 6.21. The Morgan fingerprint density at radius 1 is 1.17 bits per heavy atom. The molecule has 9 heteroatoms. The van der Waals surface area contributed by atoms with Crippen LogP contribution in [-0.2, 0) is 11.2 Å². The first-order chi connectivity index (χ1) is 13.8. The zero-order valence-electron chi connectivity index (χ0n) is 15.3. The number of aromatic amines is 1. The molecule has 0 unspecified atom stereocenters. The lowest BCUT2D eigenvalue weighted by Crippen LogP contribution is -2.18. The van der Waals surface area contributed by atoms with Crippen LogP contribution >= 0.6 is 50.9 Å². The maximum atomic E-state index is 12.3. The van der Waals surface area contributed by atoms with Gasteiger partial charge in [-0.2, -0.15) is 0 Å². The predicted octanol–water partition coefficient (Wildman–Crippen LogP) is 5.47. The Bertz CT molecular complexity index is 1080. The average molecular weight is 513 g/mol. The number of H-pyrrole nitrogens is 1. The molecular formula is C20H16BrCl2N3O2S. The van der Waals surface area contributed by atoms with E-state index in [4.69, 9.17) is 23.2 Å². The minimum absolute atomic E-state index is 0.106. The van der Waals surface area contributed by atoms with Crippen LogP contribution in [0.25, 0.3) is 0 Å². The number of thioether (sulfide) groups is 1. The van der Waals surface area contributed by atoms with Crippen molar-refractivity contribution in [3.05, 3.63) is 84.2 Å². The van der Waals surface area contributed by atoms with E-state index in [-0.39, 0.29) is 17.2 Å². The largest absolute Gasteiger partial charge is 0.325 e. The van der Waals surface area contributed by atoms with Gasteiger partial charge in [0.2, 0.25) is 5.91 Å². The van der Waals surface area contributed by atoms with Crippen LogP contribution < -0.4 is 10.9 Å². The summed E-state index contributed by atoms with van der Waals surface area (Å²) in [6.45, 7) is 1.70. The van der Waals surface area contributed by atoms with Gasteiger partial charge in [-0.3, -0.25) is 9.59 Å². The first kappa shape index (κ1) is 21.9. The maximum absolute atomic E-state index is 12.3. The number of carbonyl (C=O) groups excluding carboxylic acids is 1. The second kappa shape index (κ2) is 9.80. The van der Waals surface area contributed by atoms with E-state index in [2.05, 4.69) is 31.2 Å². The summed E-state index contributed by atoms with van der Waals surface area (Å²) in [4.78, 5) is 31.7. The lowest BCUT2D eigenvalue weighted by molar-refractivity contribution is -0.113. The molecule has 150 valence electrons. The normalized spacial score (nSPS) is 10.8. The summed E-state index contributed by atoms with van der Waals surface area (Å²) in [5, 5.41) is 4.20. The van der Waals surface area contributed by atoms with E-state index in [1.807, 2.05) is 12.1 Å². The number of nitrogens with one attached hydrogen (secondary N) is 2. The summed E-state index contributed by atoms with van der Waals surface area (Å²) in [5.41, 5.74) is 2.21. The van der Waals surface area contributed by atoms with Gasteiger partial charge >= 0.3 is 0 Å². The van der Waals surface area contributed by atoms with Crippen LogP contribution in [0.5, 0.6) is 0 Å². The van der Waals surface area contributed by atoms with Gasteiger partial charge in [0.1, 0.15) is 0 Å². The maximum Gasteiger partial charge on any atom is 0.254 e. The first-order valence-electron chi connectivity index (χ1n) is 8.54. The third kappa shape index (κ3) is 5.85. The van der Waals surface area contributed by atoms with Gasteiger partial charge in [0.25, 0.3) is 5.56 Å². The standard InChI is InChI=1S/C20H16BrCl2N3O2S/c1-11-17(9-14-15(22)3-2-4-16(14)23)25-20(26-19(11)28)29-10-18(27)24-13-7-5-12(21)6-8-13/h2-8H,9-10H2,1H3,(H,24,27)(H,25,26,28). The van der Waals surface area contributed by atoms with Crippen molar-refractivity contribution < 1.29 is 4.79 Å². The average Bonchev–Trinajstić information content (AvgIpc) is 2.68. The van der Waals surface area contributed by atoms with Gasteiger partial charge in [-0.1, -0.05) is 57.0 Å². The molecule has 2 N–H and O–H groups in total. The molecule has 0 atom stereocenters. The van der Waals surface area contributed by atoms with Gasteiger partial charge in [-0.05, 0) is 48.9 Å². The topological polar surface area (TPSA) is 74.8 Å². The van der Waals surface area contributed by atoms with Gasteiger partial charge in [0.05, 0.1) is 11.4 Å². The highest BCUT2D eigenvalue weighted by Crippen LogP contribution is 2.27. The zero-order chi connectivity index (χ0) is 21.0. The number of nitrogens with zero attached hydrogens (tertiary/aromatic N) is 1. The molecule has 1 amide bonds. The molecule has 1 heterocycles. The summed E-state index contributed by atoms with van der Waals surface area (Å²) in [7, 11) is 0. The molecule has 0 saturated heterocycles. The summed E-state index contributed by atoms with van der Waals surface area (Å²) in [5.74, 6) is -0.0924. The van der Waals surface area contributed by atoms with E-state index in [0.29, 0.717) is 44.1 Å². The SMILES string of the molecule is Cc1c(Cc2c(Cl)cccc2Cl)nc(SCC(=O)Nc2ccc(Br)cc2)[nH]c1=O. The van der Waals surface area contributed by atoms with Crippen molar-refractivity contribution in [2.45, 2.75) is 18.5 Å². The summed E-state index contributed by atoms with van der Waals surface area (Å²) in [6.07, 6.45) is 0.326. The lowest BCUT2D eigenvalue weighted by atomic mass is 10.1. The summed E-state index contributed by atoms with van der Waals surface area (Å²) in [6, 6.07) is 12.5. The second-order valence-electron chi connectivity index (χ2n) is 6.16. The van der Waals surface area contributed by atoms with E-state index < -0.39 is 0 Å². The number of anilines is 1. The number of rotatable bonds is 6. The molecule has 29 heavy (non-hydrogen) atoms. The van der Waals surface area contributed by atoms with Crippen LogP contribution in [0.3, 0.4) is 0 Å². The van der Waals surface area contributed by atoms with Crippen LogP contribution in [0.4, 0.5) is 5.69 Å². The van der Waals surface area contributed by atoms with Gasteiger partial charge < -0.3 is 10.3 Å². The van der Waals surface area contributed by atoms with E-state index in [1.165, 1.54) is 0 Å². The van der Waals surface area contributed by atoms with Crippen LogP contribution in [0.1, 0.15) is 16.8 Å². The fourth-order valence-corrected chi connectivity index (χ4v) is 4.00. The molecule has 1 aromatic heterocycles. The van der Waals surface area contributed by atoms with Gasteiger partial charge in [0, 0.05) is 32.2 Å². The molecule has 0 radical (unpaired) electrons. The van der Waals surface area contributed by atoms with E-state index in [9.17, 15) is 9.59 Å². The monoisotopic (exact) mass is 511 g/mol. The predicted molar refractivity (Wildman–Crippen MR) is 122 cm³/mol. The van der Waals surface area contributed by atoms with Crippen molar-refractivity contribution in [2.24, 2.45) is 0 Å². The van der Waals surface area contributed by atoms with Crippen molar-refractivity contribution in [1.29, 1.82) is 0 Å². The molecule has 0 aliphatic carbocycles. The van der Waals surface area contributed by atoms with Crippen molar-refractivity contribution in [2.75, 3.05) is 11.1 Å². The molecule has 0 bridgehead atoms. The Labute approximate surface area is 190 Å². The second-order valence-corrected chi connectivity index (χ2v) is 8.86. The van der Waals surface area contributed by atoms with Crippen molar-refractivity contribution in [3.8, 4) is 0 Å². The molecule has 0 saturated carbocycles. The molecule has 3 aromatic rings. The highest BCUT2D eigenvalue weighted by atomic mass is 79.9. The molecule has 0 aliphatic heterocycles. The number of hydrogen-bond donors (Lipinski definition) is 2. The Kier molecular flexibility index (Phi) is 7.40. The van der Waals surface area contributed by atoms with Gasteiger partial charge in [0.15, 0.2) is 5.16 Å². The summed E-state index contributed by atoms with van der Waals surface area (Å²) < 4.78 is 0.928. The first-order valence-corrected chi connectivity index (χ1v) is 11.1. The molecule has 0 aliphatic rings. The zero-order valence-corrected chi connectivity index (χ0v) is 19.2. The van der Waals surface area contributed by atoms with Crippen LogP contribution in [0.15, 0.2) is 56.9 Å². The fraction of sp³-hybridized carbons (Fsp3) is 0.150. The highest BCUT2D eigenvalue weighted by molar-refractivity contribution is 9.10. The number of aromatic nitrogens is 2. The number of hydrogen-bond acceptors (Lipinski definition) is 4. The Hall–Kier alpha value is -1.80. The quantitative estimate of drug-likeness (QED) is 0.339. The van der Waals surface area contributed by atoms with Crippen molar-refractivity contribution >= 4 is 62.5 Å². The molecule has 0 fully saturated rings. The number of amides is 1. The fourth-order valence-electron chi connectivity index (χ4n) is 2.53. The highest BCUT2D eigenvalue weighted by Gasteiger charge is 2.14. The third-order valence-electron chi connectivity index (χ3n) is 4.10. The minimum atomic E-state index is -0.256. The van der Waals surface area contributed by atoms with Crippen LogP contribution in [0.2, 0.25) is 10.0 Å². The molecular weight excluding hydrogens is 497 g/mol. The molecule has 5 nitrogen and oxygen atoms in total. The van der Waals surface area contributed by atoms with Crippen LogP contribution in [-0.4, -0.2) is 21.6 Å². The van der Waals surface area contributed by atoms with Crippen LogP contribution in [0, 0.1) is 6.92 Å². The molecule has 0 spiro atoms. The van der Waals surface area contributed by atoms with Crippen molar-refractivity contribution in [3.63, 3.8) is 0 Å². The molecule has 3 rings (SSSR count). The van der Waals surface area contributed by atoms with Gasteiger partial charge in [-0.15, -0.1) is 0 Å². The van der Waals surface area contributed by atoms with Gasteiger partial charge in [-0.25, -0.2) is 4.98 Å². The Morgan fingerprint density at radius 2 is 1.83 bits per heavy atom. The van der Waals surface area contributed by atoms with Crippen molar-refractivity contribution in [1.82, 2.24) is 9.97 Å². The number of benzene rings is 2. The van der Waals surface area contributed by atoms with E-state index in [1.54, 1.807) is 37.3 Å². The summed E-state index contributed by atoms with van der Waals surface area (Å²) >= 11 is 17.0. The molecule has 2 aromatic carbocycles. The van der Waals surface area contributed by atoms with E-state index >= 15 is 0 Å². The number of carbonyl (C=O) groups is 1. The Morgan fingerprint density at radius 3 is 2.48 bits per heavy atom. The minimum Gasteiger partial charge on any atom is -0.325 e.